The molecule has 0 unspecified atom stereocenters. The van der Waals surface area contributed by atoms with Gasteiger partial charge in [-0.3, -0.25) is 14.4 Å². The lowest BCUT2D eigenvalue weighted by atomic mass is 9.90. The van der Waals surface area contributed by atoms with E-state index in [-0.39, 0.29) is 49.0 Å². The number of Topliss-reactive ketones (excluding diaryl/α,β-unsaturated/α-hetero) is 1. The average molecular weight is 571 g/mol. The van der Waals surface area contributed by atoms with Crippen molar-refractivity contribution in [1.29, 1.82) is 0 Å². The van der Waals surface area contributed by atoms with Gasteiger partial charge in [0.15, 0.2) is 11.4 Å². The molecule has 5 atom stereocenters. The fourth-order valence-electron chi connectivity index (χ4n) is 6.72. The molecule has 0 bridgehead atoms. The quantitative estimate of drug-likeness (QED) is 0.362. The molecule has 0 spiro atoms. The largest absolute Gasteiger partial charge is 0.481 e. The Kier molecular flexibility index (Phi) is 8.13. The first-order valence-electron chi connectivity index (χ1n) is 15.2. The fraction of sp³-hybridized carbons (Fsp3) is 0.471. The van der Waals surface area contributed by atoms with Crippen molar-refractivity contribution < 1.29 is 28.6 Å². The maximum atomic E-state index is 14.2. The van der Waals surface area contributed by atoms with Gasteiger partial charge in [0, 0.05) is 18.8 Å². The maximum absolute atomic E-state index is 14.2. The Labute approximate surface area is 245 Å². The van der Waals surface area contributed by atoms with Crippen LogP contribution in [-0.4, -0.2) is 51.3 Å². The lowest BCUT2D eigenvalue weighted by molar-refractivity contribution is -0.147. The number of hydrogen-bond donors (Lipinski definition) is 1. The van der Waals surface area contributed by atoms with E-state index in [0.717, 1.165) is 38.5 Å². The van der Waals surface area contributed by atoms with Crippen molar-refractivity contribution in [3.05, 3.63) is 72.3 Å². The molecular weight excluding hydrogens is 532 g/mol. The fourth-order valence-corrected chi connectivity index (χ4v) is 6.72. The molecule has 1 amide bonds. The van der Waals surface area contributed by atoms with Crippen LogP contribution in [0.5, 0.6) is 6.08 Å². The number of carboxylic acid groups (broad SMARTS) is 1. The number of ether oxygens (including phenoxy) is 1. The van der Waals surface area contributed by atoms with Gasteiger partial charge in [0.2, 0.25) is 5.91 Å². The standard InChI is InChI=1S/C34H38N2O6/c37-29-21-34(32(39)40)20-25(34)14-8-3-1-2-7-13-24(18-17-23-11-5-4-6-12-23)31(38)36-22-26(19-28(29)36)41-33-35-27-15-9-10-16-30(27)42-33/h4-6,8-12,14-16,24-26,28H,1-3,7,13,17-22H2,(H,39,40)/b14-8-/t24-,25-,26-,28+,34-/m1/s1. The molecule has 3 aromatic rings. The number of carbonyl (C=O) groups is 3. The second kappa shape index (κ2) is 12.1. The molecule has 2 fully saturated rings. The van der Waals surface area contributed by atoms with Gasteiger partial charge in [-0.25, -0.2) is 0 Å². The Morgan fingerprint density at radius 2 is 1.88 bits per heavy atom. The van der Waals surface area contributed by atoms with E-state index in [9.17, 15) is 19.5 Å². The second-order valence-electron chi connectivity index (χ2n) is 12.1. The van der Waals surface area contributed by atoms with E-state index >= 15 is 0 Å². The lowest BCUT2D eigenvalue weighted by Gasteiger charge is -2.29. The van der Waals surface area contributed by atoms with Crippen molar-refractivity contribution in [1.82, 2.24) is 9.88 Å². The van der Waals surface area contributed by atoms with Crippen molar-refractivity contribution in [3.63, 3.8) is 0 Å². The third-order valence-electron chi connectivity index (χ3n) is 9.27. The summed E-state index contributed by atoms with van der Waals surface area (Å²) < 4.78 is 11.9. The Morgan fingerprint density at radius 1 is 1.07 bits per heavy atom. The summed E-state index contributed by atoms with van der Waals surface area (Å²) in [7, 11) is 0. The van der Waals surface area contributed by atoms with Gasteiger partial charge in [-0.2, -0.15) is 4.98 Å². The summed E-state index contributed by atoms with van der Waals surface area (Å²) in [6, 6.07) is 16.8. The van der Waals surface area contributed by atoms with Gasteiger partial charge in [0.25, 0.3) is 0 Å². The summed E-state index contributed by atoms with van der Waals surface area (Å²) in [5, 5.41) is 10.1. The maximum Gasteiger partial charge on any atom is 0.394 e. The minimum Gasteiger partial charge on any atom is -0.481 e. The van der Waals surface area contributed by atoms with Crippen molar-refractivity contribution in [3.8, 4) is 6.08 Å². The van der Waals surface area contributed by atoms with Gasteiger partial charge < -0.3 is 19.2 Å². The van der Waals surface area contributed by atoms with Gasteiger partial charge in [0.05, 0.1) is 18.0 Å². The van der Waals surface area contributed by atoms with Gasteiger partial charge in [-0.05, 0) is 62.1 Å². The molecule has 0 radical (unpaired) electrons. The second-order valence-corrected chi connectivity index (χ2v) is 12.1. The highest BCUT2D eigenvalue weighted by molar-refractivity contribution is 5.95. The topological polar surface area (TPSA) is 110 Å². The smallest absolute Gasteiger partial charge is 0.394 e. The zero-order valence-corrected chi connectivity index (χ0v) is 23.8. The Hall–Kier alpha value is -3.94. The first-order valence-corrected chi connectivity index (χ1v) is 15.2. The van der Waals surface area contributed by atoms with Crippen LogP contribution in [0, 0.1) is 17.3 Å². The number of hydrogen-bond acceptors (Lipinski definition) is 6. The average Bonchev–Trinajstić information content (AvgIpc) is 3.31. The molecule has 42 heavy (non-hydrogen) atoms. The molecule has 8 nitrogen and oxygen atoms in total. The van der Waals surface area contributed by atoms with Gasteiger partial charge in [-0.15, -0.1) is 0 Å². The summed E-state index contributed by atoms with van der Waals surface area (Å²) in [4.78, 5) is 46.6. The Bertz CT molecular complexity index is 1430. The van der Waals surface area contributed by atoms with Crippen molar-refractivity contribution in [2.45, 2.75) is 76.4 Å². The zero-order chi connectivity index (χ0) is 29.1. The molecule has 2 aliphatic heterocycles. The third-order valence-corrected chi connectivity index (χ3v) is 9.27. The normalized spacial score (nSPS) is 29.3. The van der Waals surface area contributed by atoms with Crippen LogP contribution in [0.2, 0.25) is 0 Å². The van der Waals surface area contributed by atoms with Gasteiger partial charge in [-0.1, -0.05) is 67.5 Å². The van der Waals surface area contributed by atoms with Gasteiger partial charge >= 0.3 is 12.0 Å². The number of rotatable bonds is 6. The molecular formula is C34H38N2O6. The predicted octanol–water partition coefficient (Wildman–Crippen LogP) is 6.00. The number of oxazole rings is 1. The molecule has 3 heterocycles. The first-order chi connectivity index (χ1) is 20.4. The van der Waals surface area contributed by atoms with Crippen LogP contribution in [0.25, 0.3) is 11.1 Å². The van der Waals surface area contributed by atoms with Crippen LogP contribution in [0.15, 0.2) is 71.2 Å². The number of ketones is 1. The van der Waals surface area contributed by atoms with Crippen LogP contribution in [0.1, 0.15) is 63.4 Å². The first kappa shape index (κ1) is 28.2. The zero-order valence-electron chi connectivity index (χ0n) is 23.8. The van der Waals surface area contributed by atoms with E-state index in [1.54, 1.807) is 4.90 Å². The SMILES string of the molecule is O=C1C[C@]2(C(=O)O)C[C@H]2/C=C\CCCCC[C@H](CCc2ccccc2)C(=O)N2C[C@H](Oc3nc4ccccc4o3)C[C@@H]12. The lowest BCUT2D eigenvalue weighted by Crippen LogP contribution is -2.45. The van der Waals surface area contributed by atoms with Crippen molar-refractivity contribution in [2.24, 2.45) is 17.3 Å². The Morgan fingerprint density at radius 3 is 2.69 bits per heavy atom. The number of benzene rings is 2. The summed E-state index contributed by atoms with van der Waals surface area (Å²) in [6.45, 7) is 0.235. The van der Waals surface area contributed by atoms with E-state index in [2.05, 4.69) is 23.2 Å². The number of aromatic nitrogens is 1. The minimum absolute atomic E-state index is 0.0438. The summed E-state index contributed by atoms with van der Waals surface area (Å²) in [6.07, 6.45) is 10.4. The van der Waals surface area contributed by atoms with E-state index in [1.165, 1.54) is 5.56 Å². The van der Waals surface area contributed by atoms with Gasteiger partial charge in [0.1, 0.15) is 11.6 Å². The van der Waals surface area contributed by atoms with Crippen LogP contribution >= 0.6 is 0 Å². The van der Waals surface area contributed by atoms with E-state index in [1.807, 2.05) is 48.5 Å². The molecule has 220 valence electrons. The number of fused-ring (bicyclic) bond motifs is 3. The minimum atomic E-state index is -1.09. The number of carboxylic acids is 1. The van der Waals surface area contributed by atoms with Crippen LogP contribution in [-0.2, 0) is 20.8 Å². The summed E-state index contributed by atoms with van der Waals surface area (Å²) in [5.41, 5.74) is 1.36. The molecule has 1 N–H and O–H groups in total. The van der Waals surface area contributed by atoms with E-state index < -0.39 is 23.5 Å². The monoisotopic (exact) mass is 570 g/mol. The van der Waals surface area contributed by atoms with Crippen molar-refractivity contribution >= 4 is 28.8 Å². The van der Waals surface area contributed by atoms with Crippen LogP contribution in [0.3, 0.4) is 0 Å². The highest BCUT2D eigenvalue weighted by atomic mass is 16.6. The number of aryl methyl sites for hydroxylation is 1. The summed E-state index contributed by atoms with van der Waals surface area (Å²) in [5.74, 6) is -1.57. The van der Waals surface area contributed by atoms with E-state index in [0.29, 0.717) is 23.9 Å². The number of aliphatic carboxylic acids is 1. The van der Waals surface area contributed by atoms with Crippen LogP contribution < -0.4 is 4.74 Å². The molecule has 1 saturated carbocycles. The molecule has 2 aromatic carbocycles. The number of allylic oxidation sites excluding steroid dienone is 2. The number of amides is 1. The predicted molar refractivity (Wildman–Crippen MR) is 157 cm³/mol. The third kappa shape index (κ3) is 5.98. The molecule has 1 saturated heterocycles. The Balaban J connectivity index is 1.26. The molecule has 6 rings (SSSR count). The number of nitrogens with zero attached hydrogens (tertiary/aromatic N) is 2. The molecule has 1 aliphatic carbocycles. The highest BCUT2D eigenvalue weighted by Gasteiger charge is 2.61. The van der Waals surface area contributed by atoms with Crippen LogP contribution in [0.4, 0.5) is 0 Å². The number of carbonyl (C=O) groups excluding carboxylic acids is 2. The number of para-hydroxylation sites is 2. The van der Waals surface area contributed by atoms with E-state index in [4.69, 9.17) is 9.15 Å². The van der Waals surface area contributed by atoms with Crippen molar-refractivity contribution in [2.75, 3.05) is 6.54 Å². The molecule has 1 aromatic heterocycles. The highest BCUT2D eigenvalue weighted by Crippen LogP contribution is 2.57. The molecule has 8 heteroatoms. The molecule has 3 aliphatic rings. The summed E-state index contributed by atoms with van der Waals surface area (Å²) >= 11 is 0.